The lowest BCUT2D eigenvalue weighted by atomic mass is 10.1. The van der Waals surface area contributed by atoms with Crippen LogP contribution in [0.15, 0.2) is 0 Å². The van der Waals surface area contributed by atoms with Gasteiger partial charge in [-0.25, -0.2) is 0 Å². The SMILES string of the molecule is CN(C)CC1(CN2CCCC2)CC1. The average Bonchev–Trinajstić information content (AvgIpc) is 2.61. The molecule has 1 saturated heterocycles. The van der Waals surface area contributed by atoms with Crippen LogP contribution in [0.2, 0.25) is 0 Å². The van der Waals surface area contributed by atoms with Gasteiger partial charge in [0.1, 0.15) is 0 Å². The minimum absolute atomic E-state index is 0.688. The minimum atomic E-state index is 0.688. The highest BCUT2D eigenvalue weighted by Crippen LogP contribution is 2.46. The van der Waals surface area contributed by atoms with Crippen LogP contribution in [-0.2, 0) is 0 Å². The normalized spacial score (nSPS) is 27.0. The molecule has 0 atom stereocenters. The van der Waals surface area contributed by atoms with E-state index >= 15 is 0 Å². The molecule has 0 aromatic carbocycles. The van der Waals surface area contributed by atoms with Crippen molar-refractivity contribution in [2.75, 3.05) is 40.3 Å². The number of hydrogen-bond donors (Lipinski definition) is 0. The fraction of sp³-hybridized carbons (Fsp3) is 1.00. The van der Waals surface area contributed by atoms with Gasteiger partial charge in [-0.1, -0.05) is 0 Å². The van der Waals surface area contributed by atoms with Crippen LogP contribution < -0.4 is 0 Å². The maximum absolute atomic E-state index is 2.66. The third-order valence-electron chi connectivity index (χ3n) is 3.37. The van der Waals surface area contributed by atoms with Gasteiger partial charge in [0.15, 0.2) is 0 Å². The van der Waals surface area contributed by atoms with Crippen LogP contribution in [0.3, 0.4) is 0 Å². The lowest BCUT2D eigenvalue weighted by Crippen LogP contribution is -2.34. The van der Waals surface area contributed by atoms with Crippen molar-refractivity contribution < 1.29 is 0 Å². The van der Waals surface area contributed by atoms with E-state index in [4.69, 9.17) is 0 Å². The topological polar surface area (TPSA) is 6.48 Å². The molecule has 0 N–H and O–H groups in total. The zero-order chi connectivity index (χ0) is 9.31. The Labute approximate surface area is 81.9 Å². The molecule has 1 heterocycles. The monoisotopic (exact) mass is 182 g/mol. The second-order valence-electron chi connectivity index (χ2n) is 5.22. The summed E-state index contributed by atoms with van der Waals surface area (Å²) in [4.78, 5) is 5.01. The second kappa shape index (κ2) is 3.58. The molecule has 0 aromatic heterocycles. The van der Waals surface area contributed by atoms with E-state index in [1.54, 1.807) is 0 Å². The Bertz CT molecular complexity index is 167. The zero-order valence-electron chi connectivity index (χ0n) is 9.05. The van der Waals surface area contributed by atoms with Crippen LogP contribution in [0.25, 0.3) is 0 Å². The Kier molecular flexibility index (Phi) is 2.61. The largest absolute Gasteiger partial charge is 0.309 e. The molecule has 0 aromatic rings. The van der Waals surface area contributed by atoms with Crippen molar-refractivity contribution in [2.45, 2.75) is 25.7 Å². The third-order valence-corrected chi connectivity index (χ3v) is 3.37. The zero-order valence-corrected chi connectivity index (χ0v) is 9.05. The van der Waals surface area contributed by atoms with E-state index in [9.17, 15) is 0 Å². The van der Waals surface area contributed by atoms with Gasteiger partial charge in [0.2, 0.25) is 0 Å². The Balaban J connectivity index is 1.79. The molecule has 0 radical (unpaired) electrons. The van der Waals surface area contributed by atoms with E-state index in [1.807, 2.05) is 0 Å². The van der Waals surface area contributed by atoms with Crippen molar-refractivity contribution in [1.82, 2.24) is 9.80 Å². The Morgan fingerprint density at radius 2 is 1.77 bits per heavy atom. The van der Waals surface area contributed by atoms with E-state index in [0.29, 0.717) is 5.41 Å². The molecule has 0 spiro atoms. The second-order valence-corrected chi connectivity index (χ2v) is 5.22. The Morgan fingerprint density at radius 3 is 2.23 bits per heavy atom. The molecule has 76 valence electrons. The molecule has 2 rings (SSSR count). The van der Waals surface area contributed by atoms with E-state index in [0.717, 1.165) is 0 Å². The van der Waals surface area contributed by atoms with E-state index < -0.39 is 0 Å². The lowest BCUT2D eigenvalue weighted by Gasteiger charge is -2.25. The summed E-state index contributed by atoms with van der Waals surface area (Å²) in [5.74, 6) is 0. The first-order valence-electron chi connectivity index (χ1n) is 5.57. The molecule has 2 aliphatic rings. The van der Waals surface area contributed by atoms with Crippen LogP contribution in [0, 0.1) is 5.41 Å². The molecule has 1 aliphatic heterocycles. The highest BCUT2D eigenvalue weighted by molar-refractivity contribution is 4.97. The Morgan fingerprint density at radius 1 is 1.15 bits per heavy atom. The molecule has 2 nitrogen and oxygen atoms in total. The number of nitrogens with zero attached hydrogens (tertiary/aromatic N) is 2. The van der Waals surface area contributed by atoms with Crippen LogP contribution >= 0.6 is 0 Å². The number of likely N-dealkylation sites (tertiary alicyclic amines) is 1. The van der Waals surface area contributed by atoms with E-state index in [-0.39, 0.29) is 0 Å². The molecule has 1 aliphatic carbocycles. The minimum Gasteiger partial charge on any atom is -0.309 e. The summed E-state index contributed by atoms with van der Waals surface area (Å²) in [6.07, 6.45) is 5.78. The quantitative estimate of drug-likeness (QED) is 0.649. The van der Waals surface area contributed by atoms with Crippen molar-refractivity contribution in [3.8, 4) is 0 Å². The fourth-order valence-electron chi connectivity index (χ4n) is 2.63. The number of hydrogen-bond acceptors (Lipinski definition) is 2. The van der Waals surface area contributed by atoms with Crippen molar-refractivity contribution in [3.05, 3.63) is 0 Å². The first-order valence-corrected chi connectivity index (χ1v) is 5.57. The molecule has 2 heteroatoms. The van der Waals surface area contributed by atoms with E-state index in [1.165, 1.54) is 51.9 Å². The van der Waals surface area contributed by atoms with Crippen LogP contribution in [0.5, 0.6) is 0 Å². The standard InChI is InChI=1S/C11H22N2/c1-12(2)9-11(5-6-11)10-13-7-3-4-8-13/h3-10H2,1-2H3. The molecule has 13 heavy (non-hydrogen) atoms. The van der Waals surface area contributed by atoms with E-state index in [2.05, 4.69) is 23.9 Å². The summed E-state index contributed by atoms with van der Waals surface area (Å²) in [6, 6.07) is 0. The highest BCUT2D eigenvalue weighted by atomic mass is 15.2. The van der Waals surface area contributed by atoms with Gasteiger partial charge >= 0.3 is 0 Å². The first-order chi connectivity index (χ1) is 6.20. The van der Waals surface area contributed by atoms with Gasteiger partial charge in [-0.3, -0.25) is 0 Å². The van der Waals surface area contributed by atoms with Crippen molar-refractivity contribution in [2.24, 2.45) is 5.41 Å². The maximum Gasteiger partial charge on any atom is 0.00502 e. The number of rotatable bonds is 4. The molecule has 0 amide bonds. The summed E-state index contributed by atoms with van der Waals surface area (Å²) in [5.41, 5.74) is 0.688. The van der Waals surface area contributed by atoms with Gasteiger partial charge in [0, 0.05) is 13.1 Å². The van der Waals surface area contributed by atoms with Crippen molar-refractivity contribution in [3.63, 3.8) is 0 Å². The summed E-state index contributed by atoms with van der Waals surface area (Å²) >= 11 is 0. The highest BCUT2D eigenvalue weighted by Gasteiger charge is 2.44. The predicted octanol–water partition coefficient (Wildman–Crippen LogP) is 1.42. The van der Waals surface area contributed by atoms with Gasteiger partial charge < -0.3 is 9.80 Å². The third kappa shape index (κ3) is 2.44. The average molecular weight is 182 g/mol. The molecule has 0 bridgehead atoms. The van der Waals surface area contributed by atoms with Crippen molar-refractivity contribution >= 4 is 0 Å². The van der Waals surface area contributed by atoms with Gasteiger partial charge in [0.25, 0.3) is 0 Å². The predicted molar refractivity (Wildman–Crippen MR) is 55.9 cm³/mol. The smallest absolute Gasteiger partial charge is 0.00502 e. The van der Waals surface area contributed by atoms with Crippen LogP contribution in [-0.4, -0.2) is 50.1 Å². The van der Waals surface area contributed by atoms with Crippen LogP contribution in [0.4, 0.5) is 0 Å². The molecule has 1 saturated carbocycles. The summed E-state index contributed by atoms with van der Waals surface area (Å²) in [7, 11) is 4.40. The van der Waals surface area contributed by atoms with Gasteiger partial charge in [0.05, 0.1) is 0 Å². The Hall–Kier alpha value is -0.0800. The van der Waals surface area contributed by atoms with Gasteiger partial charge in [-0.15, -0.1) is 0 Å². The van der Waals surface area contributed by atoms with Crippen molar-refractivity contribution in [1.29, 1.82) is 0 Å². The summed E-state index contributed by atoms with van der Waals surface area (Å²) in [5, 5.41) is 0. The van der Waals surface area contributed by atoms with Gasteiger partial charge in [-0.05, 0) is 58.3 Å². The lowest BCUT2D eigenvalue weighted by molar-refractivity contribution is 0.217. The van der Waals surface area contributed by atoms with Gasteiger partial charge in [-0.2, -0.15) is 0 Å². The fourth-order valence-corrected chi connectivity index (χ4v) is 2.63. The summed E-state index contributed by atoms with van der Waals surface area (Å²) < 4.78 is 0. The molecule has 0 unspecified atom stereocenters. The molecular formula is C11H22N2. The molecular weight excluding hydrogens is 160 g/mol. The summed E-state index contributed by atoms with van der Waals surface area (Å²) in [6.45, 7) is 5.37. The molecule has 2 fully saturated rings. The maximum atomic E-state index is 2.66. The first kappa shape index (κ1) is 9.47. The van der Waals surface area contributed by atoms with Crippen LogP contribution in [0.1, 0.15) is 25.7 Å².